The van der Waals surface area contributed by atoms with E-state index in [0.717, 1.165) is 13.1 Å². The van der Waals surface area contributed by atoms with Crippen LogP contribution in [-0.2, 0) is 38.1 Å². The highest BCUT2D eigenvalue weighted by Gasteiger charge is 2.35. The lowest BCUT2D eigenvalue weighted by molar-refractivity contribution is -0.163. The SMILES string of the molecule is CCOC(=O)C(CCN1CCN(CCC(C(=O)OCC)C(=O)OCC)C1C)C(=O)OCC. The molecule has 10 heteroatoms. The standard InChI is InChI=1S/C22H38N2O8/c1-6-29-19(25)17(20(26)30-7-2)10-12-23-14-15-24(16(23)5)13-11-18(21(27)31-8-3)22(28)32-9-4/h16-18H,6-15H2,1-5H3. The van der Waals surface area contributed by atoms with E-state index in [1.807, 2.05) is 6.92 Å². The molecule has 0 N–H and O–H groups in total. The highest BCUT2D eigenvalue weighted by molar-refractivity contribution is 5.95. The minimum Gasteiger partial charge on any atom is -0.465 e. The lowest BCUT2D eigenvalue weighted by Crippen LogP contribution is -2.40. The van der Waals surface area contributed by atoms with Gasteiger partial charge < -0.3 is 18.9 Å². The Hall–Kier alpha value is -2.20. The number of hydrogen-bond donors (Lipinski definition) is 0. The molecule has 1 saturated heterocycles. The number of nitrogens with zero attached hydrogens (tertiary/aromatic N) is 2. The third-order valence-corrected chi connectivity index (χ3v) is 5.43. The van der Waals surface area contributed by atoms with Gasteiger partial charge in [-0.05, 0) is 47.5 Å². The summed E-state index contributed by atoms with van der Waals surface area (Å²) in [7, 11) is 0. The van der Waals surface area contributed by atoms with Crippen LogP contribution in [0.25, 0.3) is 0 Å². The van der Waals surface area contributed by atoms with Crippen LogP contribution in [0.15, 0.2) is 0 Å². The molecule has 10 nitrogen and oxygen atoms in total. The number of hydrogen-bond acceptors (Lipinski definition) is 10. The number of rotatable bonds is 14. The minimum atomic E-state index is -0.951. The molecule has 0 spiro atoms. The summed E-state index contributed by atoms with van der Waals surface area (Å²) in [5, 5.41) is 0. The summed E-state index contributed by atoms with van der Waals surface area (Å²) in [5.41, 5.74) is 0. The van der Waals surface area contributed by atoms with Crippen LogP contribution >= 0.6 is 0 Å². The second-order valence-corrected chi connectivity index (χ2v) is 7.39. The van der Waals surface area contributed by atoms with Gasteiger partial charge in [-0.25, -0.2) is 0 Å². The average Bonchev–Trinajstić information content (AvgIpc) is 3.09. The van der Waals surface area contributed by atoms with Crippen LogP contribution in [0.2, 0.25) is 0 Å². The van der Waals surface area contributed by atoms with Crippen molar-refractivity contribution >= 4 is 23.9 Å². The molecule has 32 heavy (non-hydrogen) atoms. The molecule has 0 amide bonds. The quantitative estimate of drug-likeness (QED) is 0.214. The van der Waals surface area contributed by atoms with E-state index in [1.165, 1.54) is 0 Å². The van der Waals surface area contributed by atoms with E-state index in [-0.39, 0.29) is 32.6 Å². The zero-order valence-electron chi connectivity index (χ0n) is 20.0. The van der Waals surface area contributed by atoms with Crippen molar-refractivity contribution in [1.82, 2.24) is 9.80 Å². The van der Waals surface area contributed by atoms with Gasteiger partial charge in [-0.15, -0.1) is 0 Å². The van der Waals surface area contributed by atoms with E-state index < -0.39 is 35.7 Å². The van der Waals surface area contributed by atoms with Crippen LogP contribution in [0.4, 0.5) is 0 Å². The molecular weight excluding hydrogens is 420 g/mol. The monoisotopic (exact) mass is 458 g/mol. The Kier molecular flexibility index (Phi) is 12.9. The molecule has 1 aliphatic rings. The van der Waals surface area contributed by atoms with Crippen molar-refractivity contribution < 1.29 is 38.1 Å². The molecule has 0 aliphatic carbocycles. The molecule has 1 fully saturated rings. The van der Waals surface area contributed by atoms with Gasteiger partial charge in [0, 0.05) is 26.2 Å². The van der Waals surface area contributed by atoms with Crippen molar-refractivity contribution in [2.24, 2.45) is 11.8 Å². The molecule has 1 aliphatic heterocycles. The van der Waals surface area contributed by atoms with Gasteiger partial charge in [-0.1, -0.05) is 0 Å². The average molecular weight is 459 g/mol. The summed E-state index contributed by atoms with van der Waals surface area (Å²) in [5.74, 6) is -4.17. The maximum atomic E-state index is 12.2. The molecule has 1 rings (SSSR count). The van der Waals surface area contributed by atoms with Crippen molar-refractivity contribution in [1.29, 1.82) is 0 Å². The van der Waals surface area contributed by atoms with Crippen molar-refractivity contribution in [2.75, 3.05) is 52.6 Å². The van der Waals surface area contributed by atoms with Gasteiger partial charge in [0.25, 0.3) is 0 Å². The minimum absolute atomic E-state index is 0.0186. The lowest BCUT2D eigenvalue weighted by atomic mass is 10.1. The normalized spacial score (nSPS) is 15.2. The Morgan fingerprint density at radius 3 is 1.19 bits per heavy atom. The van der Waals surface area contributed by atoms with E-state index in [2.05, 4.69) is 9.80 Å². The summed E-state index contributed by atoms with van der Waals surface area (Å²) < 4.78 is 20.1. The first-order chi connectivity index (χ1) is 15.3. The van der Waals surface area contributed by atoms with Gasteiger partial charge >= 0.3 is 23.9 Å². The predicted octanol–water partition coefficient (Wildman–Crippen LogP) is 1.22. The summed E-state index contributed by atoms with van der Waals surface area (Å²) in [6, 6.07) is 0. The first kappa shape index (κ1) is 27.8. The summed E-state index contributed by atoms with van der Waals surface area (Å²) in [6.45, 7) is 12.1. The summed E-state index contributed by atoms with van der Waals surface area (Å²) in [6.07, 6.45) is 0.610. The Labute approximate surface area is 190 Å². The van der Waals surface area contributed by atoms with E-state index in [1.54, 1.807) is 27.7 Å². The Morgan fingerprint density at radius 2 is 0.938 bits per heavy atom. The number of carbonyl (C=O) groups excluding carboxylic acids is 4. The molecule has 0 aromatic carbocycles. The van der Waals surface area contributed by atoms with Gasteiger partial charge in [0.2, 0.25) is 0 Å². The molecule has 0 unspecified atom stereocenters. The fourth-order valence-corrected chi connectivity index (χ4v) is 3.68. The molecule has 184 valence electrons. The second-order valence-electron chi connectivity index (χ2n) is 7.39. The topological polar surface area (TPSA) is 112 Å². The van der Waals surface area contributed by atoms with Crippen molar-refractivity contribution in [3.8, 4) is 0 Å². The zero-order valence-corrected chi connectivity index (χ0v) is 20.0. The molecule has 0 atom stereocenters. The highest BCUT2D eigenvalue weighted by atomic mass is 16.6. The second kappa shape index (κ2) is 14.8. The third kappa shape index (κ3) is 8.38. The maximum absolute atomic E-state index is 12.2. The van der Waals surface area contributed by atoms with Gasteiger partial charge in [-0.3, -0.25) is 29.0 Å². The summed E-state index contributed by atoms with van der Waals surface area (Å²) in [4.78, 5) is 53.0. The lowest BCUT2D eigenvalue weighted by Gasteiger charge is -2.28. The van der Waals surface area contributed by atoms with Crippen LogP contribution < -0.4 is 0 Å². The van der Waals surface area contributed by atoms with Crippen LogP contribution in [0.1, 0.15) is 47.5 Å². The van der Waals surface area contributed by atoms with Crippen LogP contribution in [0, 0.1) is 11.8 Å². The predicted molar refractivity (Wildman–Crippen MR) is 115 cm³/mol. The zero-order chi connectivity index (χ0) is 24.1. The first-order valence-electron chi connectivity index (χ1n) is 11.4. The smallest absolute Gasteiger partial charge is 0.320 e. The molecule has 0 aromatic rings. The molecular formula is C22H38N2O8. The Morgan fingerprint density at radius 1 is 0.656 bits per heavy atom. The Bertz CT molecular complexity index is 539. The van der Waals surface area contributed by atoms with E-state index in [9.17, 15) is 19.2 Å². The van der Waals surface area contributed by atoms with E-state index in [0.29, 0.717) is 25.9 Å². The van der Waals surface area contributed by atoms with Gasteiger partial charge in [0.05, 0.1) is 32.6 Å². The summed E-state index contributed by atoms with van der Waals surface area (Å²) >= 11 is 0. The van der Waals surface area contributed by atoms with Crippen LogP contribution in [0.5, 0.6) is 0 Å². The van der Waals surface area contributed by atoms with Gasteiger partial charge in [0.15, 0.2) is 11.8 Å². The van der Waals surface area contributed by atoms with Crippen LogP contribution in [0.3, 0.4) is 0 Å². The van der Waals surface area contributed by atoms with Gasteiger partial charge in [-0.2, -0.15) is 0 Å². The largest absolute Gasteiger partial charge is 0.465 e. The third-order valence-electron chi connectivity index (χ3n) is 5.43. The number of carbonyl (C=O) groups is 4. The molecule has 0 bridgehead atoms. The fraction of sp³-hybridized carbons (Fsp3) is 0.818. The molecule has 0 saturated carbocycles. The highest BCUT2D eigenvalue weighted by Crippen LogP contribution is 2.20. The van der Waals surface area contributed by atoms with E-state index >= 15 is 0 Å². The fourth-order valence-electron chi connectivity index (χ4n) is 3.68. The molecule has 1 heterocycles. The van der Waals surface area contributed by atoms with Crippen molar-refractivity contribution in [3.63, 3.8) is 0 Å². The van der Waals surface area contributed by atoms with E-state index in [4.69, 9.17) is 18.9 Å². The molecule has 0 aromatic heterocycles. The Balaban J connectivity index is 2.66. The van der Waals surface area contributed by atoms with Crippen LogP contribution in [-0.4, -0.2) is 92.4 Å². The number of ether oxygens (including phenoxy) is 4. The van der Waals surface area contributed by atoms with Crippen molar-refractivity contribution in [2.45, 2.75) is 53.6 Å². The molecule has 0 radical (unpaired) electrons. The number of esters is 4. The first-order valence-corrected chi connectivity index (χ1v) is 11.4. The van der Waals surface area contributed by atoms with Gasteiger partial charge in [0.1, 0.15) is 0 Å². The van der Waals surface area contributed by atoms with Crippen molar-refractivity contribution in [3.05, 3.63) is 0 Å². The maximum Gasteiger partial charge on any atom is 0.320 e.